The van der Waals surface area contributed by atoms with Crippen LogP contribution in [0.4, 0.5) is 8.78 Å². The van der Waals surface area contributed by atoms with Crippen LogP contribution in [0.3, 0.4) is 0 Å². The Morgan fingerprint density at radius 3 is 2.29 bits per heavy atom. The van der Waals surface area contributed by atoms with Crippen LogP contribution in [-0.4, -0.2) is 4.98 Å². The largest absolute Gasteiger partial charge is 0.352 e. The van der Waals surface area contributed by atoms with E-state index in [4.69, 9.17) is 0 Å². The summed E-state index contributed by atoms with van der Waals surface area (Å²) >= 11 is 0. The Balaban J connectivity index is 1.42. The lowest BCUT2D eigenvalue weighted by Gasteiger charge is -2.36. The van der Waals surface area contributed by atoms with E-state index in [0.717, 1.165) is 41.5 Å². The van der Waals surface area contributed by atoms with E-state index in [-0.39, 0.29) is 11.6 Å². The number of fused-ring (bicyclic) bond motifs is 1. The fourth-order valence-electron chi connectivity index (χ4n) is 5.01. The summed E-state index contributed by atoms with van der Waals surface area (Å²) < 4.78 is 28.2. The van der Waals surface area contributed by atoms with Gasteiger partial charge in [0.15, 0.2) is 0 Å². The molecule has 158 valence electrons. The molecule has 1 heterocycles. The van der Waals surface area contributed by atoms with Crippen molar-refractivity contribution >= 4 is 10.9 Å². The average Bonchev–Trinajstić information content (AvgIpc) is 3.08. The summed E-state index contributed by atoms with van der Waals surface area (Å²) in [5, 5.41) is 0.971. The zero-order valence-corrected chi connectivity index (χ0v) is 18.0. The van der Waals surface area contributed by atoms with Gasteiger partial charge in [0.2, 0.25) is 0 Å². The summed E-state index contributed by atoms with van der Waals surface area (Å²) in [6.45, 7) is 4.05. The van der Waals surface area contributed by atoms with Gasteiger partial charge in [-0.2, -0.15) is 0 Å². The monoisotopic (exact) mass is 415 g/mol. The van der Waals surface area contributed by atoms with E-state index >= 15 is 0 Å². The van der Waals surface area contributed by atoms with Crippen LogP contribution in [0.2, 0.25) is 0 Å². The Kier molecular flexibility index (Phi) is 5.13. The number of hydrogen-bond acceptors (Lipinski definition) is 0. The summed E-state index contributed by atoms with van der Waals surface area (Å²) in [4.78, 5) is 3.33. The van der Waals surface area contributed by atoms with Crippen molar-refractivity contribution in [1.29, 1.82) is 0 Å². The molecule has 1 aliphatic carbocycles. The quantitative estimate of drug-likeness (QED) is 0.341. The fourth-order valence-corrected chi connectivity index (χ4v) is 5.01. The van der Waals surface area contributed by atoms with Gasteiger partial charge >= 0.3 is 0 Å². The fraction of sp³-hybridized carbons (Fsp3) is 0.286. The molecule has 0 amide bonds. The molecular formula is C28H27F2N. The molecule has 1 aromatic heterocycles. The molecule has 31 heavy (non-hydrogen) atoms. The molecule has 0 bridgehead atoms. The first-order valence-electron chi connectivity index (χ1n) is 11.1. The first kappa shape index (κ1) is 20.0. The predicted molar refractivity (Wildman–Crippen MR) is 123 cm³/mol. The summed E-state index contributed by atoms with van der Waals surface area (Å²) in [6, 6.07) is 19.0. The minimum absolute atomic E-state index is 0.222. The molecule has 1 saturated carbocycles. The molecule has 0 radical (unpaired) electrons. The summed E-state index contributed by atoms with van der Waals surface area (Å²) in [5.74, 6) is 0.605. The molecule has 1 fully saturated rings. The predicted octanol–water partition coefficient (Wildman–Crippen LogP) is 7.86. The Morgan fingerprint density at radius 2 is 1.58 bits per heavy atom. The topological polar surface area (TPSA) is 15.8 Å². The van der Waals surface area contributed by atoms with Gasteiger partial charge in [-0.25, -0.2) is 8.78 Å². The Bertz CT molecular complexity index is 1210. The second-order valence-electron chi connectivity index (χ2n) is 9.15. The van der Waals surface area contributed by atoms with Gasteiger partial charge in [-0.1, -0.05) is 29.8 Å². The van der Waals surface area contributed by atoms with Crippen molar-refractivity contribution in [3.63, 3.8) is 0 Å². The molecule has 1 aliphatic rings. The zero-order valence-electron chi connectivity index (χ0n) is 18.0. The molecule has 0 atom stereocenters. The van der Waals surface area contributed by atoms with Crippen LogP contribution in [0.15, 0.2) is 60.7 Å². The molecule has 5 rings (SSSR count). The van der Waals surface area contributed by atoms with E-state index in [1.807, 2.05) is 6.92 Å². The number of benzene rings is 3. The second-order valence-corrected chi connectivity index (χ2v) is 9.15. The van der Waals surface area contributed by atoms with Gasteiger partial charge in [-0.05, 0) is 110 Å². The number of aromatic amines is 1. The number of aryl methyl sites for hydroxylation is 3. The maximum atomic E-state index is 14.7. The number of aromatic nitrogens is 1. The van der Waals surface area contributed by atoms with Crippen LogP contribution in [0.25, 0.3) is 22.2 Å². The molecule has 0 unspecified atom stereocenters. The first-order valence-corrected chi connectivity index (χ1v) is 11.1. The Hall–Kier alpha value is -2.94. The molecule has 0 spiro atoms. The van der Waals surface area contributed by atoms with Crippen molar-refractivity contribution < 1.29 is 8.78 Å². The van der Waals surface area contributed by atoms with Crippen LogP contribution in [0.1, 0.15) is 47.4 Å². The minimum atomic E-state index is -0.261. The summed E-state index contributed by atoms with van der Waals surface area (Å²) in [6.07, 6.45) is 4.51. The maximum Gasteiger partial charge on any atom is 0.147 e. The number of nitrogens with one attached hydrogen (secondary N) is 1. The van der Waals surface area contributed by atoms with Crippen molar-refractivity contribution in [2.24, 2.45) is 5.92 Å². The van der Waals surface area contributed by atoms with Crippen LogP contribution in [0, 0.1) is 31.4 Å². The van der Waals surface area contributed by atoms with Gasteiger partial charge in [-0.3, -0.25) is 0 Å². The lowest BCUT2D eigenvalue weighted by atomic mass is 9.68. The first-order chi connectivity index (χ1) is 15.0. The van der Waals surface area contributed by atoms with Crippen molar-refractivity contribution in [3.8, 4) is 11.3 Å². The van der Waals surface area contributed by atoms with Gasteiger partial charge in [-0.15, -0.1) is 0 Å². The van der Waals surface area contributed by atoms with Gasteiger partial charge in [0.05, 0.1) is 11.2 Å². The third kappa shape index (κ3) is 3.89. The molecule has 3 aromatic carbocycles. The highest BCUT2D eigenvalue weighted by Gasteiger charge is 2.34. The molecular weight excluding hydrogens is 388 g/mol. The lowest BCUT2D eigenvalue weighted by molar-refractivity contribution is 0.250. The van der Waals surface area contributed by atoms with Crippen LogP contribution in [0.5, 0.6) is 0 Å². The molecule has 4 aromatic rings. The number of H-pyrrole nitrogens is 1. The standard InChI is InChI=1S/C28H27F2N/c1-17-3-5-19(6-4-17)7-8-20-15-22(16-20)26-24-13-18(2)14-25(30)28(24)31-27(26)21-9-11-23(29)12-10-21/h3-6,9-14,20,22,31H,7-8,15-16H2,1-2H3. The van der Waals surface area contributed by atoms with E-state index in [0.29, 0.717) is 17.4 Å². The molecule has 3 heteroatoms. The average molecular weight is 416 g/mol. The van der Waals surface area contributed by atoms with Crippen molar-refractivity contribution in [1.82, 2.24) is 4.98 Å². The third-order valence-corrected chi connectivity index (χ3v) is 6.78. The smallest absolute Gasteiger partial charge is 0.147 e. The van der Waals surface area contributed by atoms with E-state index in [1.165, 1.54) is 35.2 Å². The van der Waals surface area contributed by atoms with E-state index < -0.39 is 0 Å². The lowest BCUT2D eigenvalue weighted by Crippen LogP contribution is -2.22. The third-order valence-electron chi connectivity index (χ3n) is 6.78. The van der Waals surface area contributed by atoms with Gasteiger partial charge in [0.25, 0.3) is 0 Å². The van der Waals surface area contributed by atoms with Crippen molar-refractivity contribution in [2.45, 2.75) is 45.4 Å². The minimum Gasteiger partial charge on any atom is -0.352 e. The van der Waals surface area contributed by atoms with Gasteiger partial charge in [0, 0.05) is 5.39 Å². The van der Waals surface area contributed by atoms with Gasteiger partial charge in [0.1, 0.15) is 11.6 Å². The van der Waals surface area contributed by atoms with Crippen LogP contribution in [-0.2, 0) is 6.42 Å². The SMILES string of the molecule is Cc1ccc(CCC2CC(c3c(-c4ccc(F)cc4)[nH]c4c(F)cc(C)cc34)C2)cc1. The summed E-state index contributed by atoms with van der Waals surface area (Å²) in [7, 11) is 0. The Morgan fingerprint density at radius 1 is 0.871 bits per heavy atom. The molecule has 1 nitrogen and oxygen atoms in total. The van der Waals surface area contributed by atoms with E-state index in [2.05, 4.69) is 42.2 Å². The normalized spacial score (nSPS) is 18.3. The van der Waals surface area contributed by atoms with Crippen molar-refractivity contribution in [3.05, 3.63) is 94.6 Å². The highest BCUT2D eigenvalue weighted by atomic mass is 19.1. The Labute approximate surface area is 182 Å². The maximum absolute atomic E-state index is 14.7. The second kappa shape index (κ2) is 7.96. The van der Waals surface area contributed by atoms with Gasteiger partial charge < -0.3 is 4.98 Å². The number of rotatable bonds is 5. The van der Waals surface area contributed by atoms with E-state index in [1.54, 1.807) is 18.2 Å². The number of halogens is 2. The van der Waals surface area contributed by atoms with E-state index in [9.17, 15) is 8.78 Å². The molecule has 1 N–H and O–H groups in total. The van der Waals surface area contributed by atoms with Crippen LogP contribution >= 0.6 is 0 Å². The molecule has 0 aliphatic heterocycles. The highest BCUT2D eigenvalue weighted by Crippen LogP contribution is 2.49. The van der Waals surface area contributed by atoms with Crippen molar-refractivity contribution in [2.75, 3.05) is 0 Å². The zero-order chi connectivity index (χ0) is 21.5. The molecule has 0 saturated heterocycles. The van der Waals surface area contributed by atoms with Crippen LogP contribution < -0.4 is 0 Å². The summed E-state index contributed by atoms with van der Waals surface area (Å²) in [5.41, 5.74) is 7.20. The number of hydrogen-bond donors (Lipinski definition) is 1. The highest BCUT2D eigenvalue weighted by molar-refractivity contribution is 5.92.